The minimum Gasteiger partial charge on any atom is -0.490 e. The van der Waals surface area contributed by atoms with Crippen molar-refractivity contribution in [2.45, 2.75) is 44.8 Å². The normalized spacial score (nSPS) is 22.0. The number of amides is 2. The van der Waals surface area contributed by atoms with Crippen molar-refractivity contribution in [1.29, 1.82) is 0 Å². The summed E-state index contributed by atoms with van der Waals surface area (Å²) < 4.78 is 6.26. The van der Waals surface area contributed by atoms with E-state index >= 15 is 0 Å². The first-order valence-electron chi connectivity index (χ1n) is 9.69. The van der Waals surface area contributed by atoms with Crippen LogP contribution in [0.15, 0.2) is 42.6 Å². The van der Waals surface area contributed by atoms with E-state index in [1.807, 2.05) is 25.3 Å². The molecule has 0 radical (unpaired) electrons. The number of hydrogen-bond acceptors (Lipinski definition) is 4. The second-order valence-corrected chi connectivity index (χ2v) is 7.59. The number of hydrogen-bond donors (Lipinski definition) is 1. The largest absolute Gasteiger partial charge is 0.490 e. The fourth-order valence-corrected chi connectivity index (χ4v) is 4.41. The summed E-state index contributed by atoms with van der Waals surface area (Å²) in [6.07, 6.45) is 5.08. The van der Waals surface area contributed by atoms with Gasteiger partial charge in [-0.25, -0.2) is 0 Å². The lowest BCUT2D eigenvalue weighted by Gasteiger charge is -2.33. The van der Waals surface area contributed by atoms with Crippen LogP contribution in [0.1, 0.15) is 52.0 Å². The molecule has 1 aliphatic heterocycles. The zero-order valence-corrected chi connectivity index (χ0v) is 15.6. The van der Waals surface area contributed by atoms with E-state index < -0.39 is 0 Å². The number of aromatic nitrogens is 2. The first kappa shape index (κ1) is 17.0. The molecular weight excluding hydrogens is 354 g/mol. The van der Waals surface area contributed by atoms with Crippen LogP contribution in [0.25, 0.3) is 10.9 Å². The Balaban J connectivity index is 1.27. The van der Waals surface area contributed by atoms with Gasteiger partial charge >= 0.3 is 0 Å². The smallest absolute Gasteiger partial charge is 0.261 e. The van der Waals surface area contributed by atoms with E-state index in [4.69, 9.17) is 4.74 Å². The first-order chi connectivity index (χ1) is 13.6. The van der Waals surface area contributed by atoms with E-state index in [0.717, 1.165) is 47.9 Å². The van der Waals surface area contributed by atoms with Crippen molar-refractivity contribution >= 4 is 22.7 Å². The van der Waals surface area contributed by atoms with Crippen molar-refractivity contribution in [3.63, 3.8) is 0 Å². The third kappa shape index (κ3) is 2.59. The third-order valence-electron chi connectivity index (χ3n) is 5.97. The van der Waals surface area contributed by atoms with E-state index in [1.54, 1.807) is 24.3 Å². The van der Waals surface area contributed by atoms with Crippen molar-refractivity contribution in [2.75, 3.05) is 0 Å². The van der Waals surface area contributed by atoms with Gasteiger partial charge in [-0.1, -0.05) is 12.1 Å². The summed E-state index contributed by atoms with van der Waals surface area (Å²) in [6, 6.07) is 11.0. The Labute approximate surface area is 162 Å². The summed E-state index contributed by atoms with van der Waals surface area (Å²) in [5, 5.41) is 8.12. The van der Waals surface area contributed by atoms with E-state index in [9.17, 15) is 9.59 Å². The third-order valence-corrected chi connectivity index (χ3v) is 5.97. The number of H-pyrrole nitrogens is 1. The van der Waals surface area contributed by atoms with Gasteiger partial charge in [0.05, 0.1) is 28.9 Å². The number of aromatic amines is 1. The number of nitrogens with one attached hydrogen (secondary N) is 1. The van der Waals surface area contributed by atoms with Crippen molar-refractivity contribution in [3.8, 4) is 5.75 Å². The summed E-state index contributed by atoms with van der Waals surface area (Å²) >= 11 is 0. The van der Waals surface area contributed by atoms with Crippen LogP contribution in [-0.4, -0.2) is 39.1 Å². The van der Waals surface area contributed by atoms with Gasteiger partial charge in [0.1, 0.15) is 5.75 Å². The standard InChI is InChI=1S/C22H21N3O3/c1-13-18-12-23-24-19(18)10-11-20(13)28-15-8-6-14(7-9-15)25-21(26)16-4-2-3-5-17(16)22(25)27/h2-5,10-12,14-15H,6-9H2,1H3,(H,23,24). The lowest BCUT2D eigenvalue weighted by molar-refractivity contribution is 0.0478. The summed E-state index contributed by atoms with van der Waals surface area (Å²) in [4.78, 5) is 26.8. The van der Waals surface area contributed by atoms with Gasteiger partial charge in [-0.3, -0.25) is 19.6 Å². The number of ether oxygens (including phenoxy) is 1. The zero-order chi connectivity index (χ0) is 19.3. The number of benzene rings is 2. The SMILES string of the molecule is Cc1c(OC2CCC(N3C(=O)c4ccccc4C3=O)CC2)ccc2[nH]ncc12. The Morgan fingerprint density at radius 1 is 1.00 bits per heavy atom. The molecule has 0 spiro atoms. The Hall–Kier alpha value is -3.15. The summed E-state index contributed by atoms with van der Waals surface area (Å²) in [6.45, 7) is 2.04. The van der Waals surface area contributed by atoms with Gasteiger partial charge in [-0.2, -0.15) is 5.10 Å². The lowest BCUT2D eigenvalue weighted by atomic mass is 9.91. The molecule has 28 heavy (non-hydrogen) atoms. The molecule has 1 aliphatic carbocycles. The highest BCUT2D eigenvalue weighted by atomic mass is 16.5. The second kappa shape index (κ2) is 6.48. The topological polar surface area (TPSA) is 75.3 Å². The maximum absolute atomic E-state index is 12.7. The van der Waals surface area contributed by atoms with Crippen LogP contribution in [0.5, 0.6) is 5.75 Å². The molecular formula is C22H21N3O3. The average Bonchev–Trinajstić information content (AvgIpc) is 3.29. The van der Waals surface area contributed by atoms with E-state index in [2.05, 4.69) is 10.2 Å². The molecule has 0 saturated heterocycles. The molecule has 1 fully saturated rings. The number of aryl methyl sites for hydroxylation is 1. The highest BCUT2D eigenvalue weighted by Crippen LogP contribution is 2.34. The van der Waals surface area contributed by atoms with Crippen molar-refractivity contribution in [3.05, 3.63) is 59.3 Å². The molecule has 0 atom stereocenters. The molecule has 142 valence electrons. The molecule has 1 N–H and O–H groups in total. The maximum atomic E-state index is 12.7. The lowest BCUT2D eigenvalue weighted by Crippen LogP contribution is -2.43. The van der Waals surface area contributed by atoms with Gasteiger partial charge < -0.3 is 4.74 Å². The number of fused-ring (bicyclic) bond motifs is 2. The first-order valence-corrected chi connectivity index (χ1v) is 9.69. The van der Waals surface area contributed by atoms with Gasteiger partial charge in [-0.05, 0) is 56.9 Å². The van der Waals surface area contributed by atoms with E-state index in [0.29, 0.717) is 11.1 Å². The number of nitrogens with zero attached hydrogens (tertiary/aromatic N) is 2. The minimum atomic E-state index is -0.161. The Kier molecular flexibility index (Phi) is 3.93. The molecule has 0 unspecified atom stereocenters. The molecule has 1 aromatic heterocycles. The van der Waals surface area contributed by atoms with Crippen LogP contribution in [0, 0.1) is 6.92 Å². The Morgan fingerprint density at radius 3 is 2.36 bits per heavy atom. The Bertz CT molecular complexity index is 1040. The summed E-state index contributed by atoms with van der Waals surface area (Å²) in [5.74, 6) is 0.551. The highest BCUT2D eigenvalue weighted by molar-refractivity contribution is 6.21. The summed E-state index contributed by atoms with van der Waals surface area (Å²) in [5.41, 5.74) is 3.12. The minimum absolute atomic E-state index is 0.0512. The number of rotatable bonds is 3. The van der Waals surface area contributed by atoms with Gasteiger partial charge in [0.2, 0.25) is 0 Å². The van der Waals surface area contributed by atoms with Crippen LogP contribution in [-0.2, 0) is 0 Å². The fraction of sp³-hybridized carbons (Fsp3) is 0.318. The molecule has 5 rings (SSSR count). The van der Waals surface area contributed by atoms with Gasteiger partial charge in [0, 0.05) is 17.0 Å². The zero-order valence-electron chi connectivity index (χ0n) is 15.6. The molecule has 0 bridgehead atoms. The van der Waals surface area contributed by atoms with Gasteiger partial charge in [0.25, 0.3) is 11.8 Å². The number of carbonyl (C=O) groups is 2. The quantitative estimate of drug-likeness (QED) is 0.706. The molecule has 2 aromatic carbocycles. The monoisotopic (exact) mass is 375 g/mol. The summed E-state index contributed by atoms with van der Waals surface area (Å²) in [7, 11) is 0. The van der Waals surface area contributed by atoms with Crippen molar-refractivity contribution < 1.29 is 14.3 Å². The Morgan fingerprint density at radius 2 is 1.68 bits per heavy atom. The van der Waals surface area contributed by atoms with E-state index in [1.165, 1.54) is 4.90 Å². The number of carbonyl (C=O) groups excluding carboxylic acids is 2. The van der Waals surface area contributed by atoms with Crippen LogP contribution < -0.4 is 4.74 Å². The molecule has 1 saturated carbocycles. The molecule has 6 heteroatoms. The highest BCUT2D eigenvalue weighted by Gasteiger charge is 2.41. The second-order valence-electron chi connectivity index (χ2n) is 7.59. The predicted octanol–water partition coefficient (Wildman–Crippen LogP) is 3.86. The van der Waals surface area contributed by atoms with Crippen LogP contribution >= 0.6 is 0 Å². The van der Waals surface area contributed by atoms with Gasteiger partial charge in [0.15, 0.2) is 0 Å². The molecule has 2 aliphatic rings. The predicted molar refractivity (Wildman–Crippen MR) is 104 cm³/mol. The maximum Gasteiger partial charge on any atom is 0.261 e. The molecule has 3 aromatic rings. The average molecular weight is 375 g/mol. The van der Waals surface area contributed by atoms with Crippen LogP contribution in [0.3, 0.4) is 0 Å². The van der Waals surface area contributed by atoms with E-state index in [-0.39, 0.29) is 24.0 Å². The fourth-order valence-electron chi connectivity index (χ4n) is 4.41. The molecule has 2 heterocycles. The van der Waals surface area contributed by atoms with Crippen molar-refractivity contribution in [1.82, 2.24) is 15.1 Å². The molecule has 2 amide bonds. The number of imide groups is 1. The molecule has 6 nitrogen and oxygen atoms in total. The van der Waals surface area contributed by atoms with Gasteiger partial charge in [-0.15, -0.1) is 0 Å². The van der Waals surface area contributed by atoms with Crippen LogP contribution in [0.2, 0.25) is 0 Å². The van der Waals surface area contributed by atoms with Crippen LogP contribution in [0.4, 0.5) is 0 Å². The van der Waals surface area contributed by atoms with Crippen molar-refractivity contribution in [2.24, 2.45) is 0 Å².